The summed E-state index contributed by atoms with van der Waals surface area (Å²) < 4.78 is 17.3. The Bertz CT molecular complexity index is 811. The molecular weight excluding hydrogens is 408 g/mol. The highest BCUT2D eigenvalue weighted by Gasteiger charge is 2.33. The average Bonchev–Trinajstić information content (AvgIpc) is 2.73. The zero-order valence-corrected chi connectivity index (χ0v) is 16.8. The number of benzene rings is 3. The predicted molar refractivity (Wildman–Crippen MR) is 109 cm³/mol. The molecule has 1 N–H and O–H groups in total. The van der Waals surface area contributed by atoms with Crippen LogP contribution in [-0.4, -0.2) is 25.9 Å². The number of hydrogen-bond acceptors (Lipinski definition) is 4. The summed E-state index contributed by atoms with van der Waals surface area (Å²) in [4.78, 5) is 0. The molecule has 0 atom stereocenters. The molecule has 0 spiro atoms. The van der Waals surface area contributed by atoms with Crippen molar-refractivity contribution in [1.29, 1.82) is 0 Å². The van der Waals surface area contributed by atoms with Crippen LogP contribution in [0.1, 0.15) is 11.1 Å². The second-order valence-corrected chi connectivity index (χ2v) is 6.98. The molecule has 0 aliphatic carbocycles. The van der Waals surface area contributed by atoms with Crippen molar-refractivity contribution in [3.05, 3.63) is 88.4 Å². The molecule has 4 nitrogen and oxygen atoms in total. The molecule has 3 aromatic rings. The third-order valence-electron chi connectivity index (χ3n) is 4.40. The Balaban J connectivity index is 1.94. The quantitative estimate of drug-likeness (QED) is 0.587. The van der Waals surface area contributed by atoms with E-state index < -0.39 is 5.60 Å². The van der Waals surface area contributed by atoms with E-state index in [9.17, 15) is 5.11 Å². The lowest BCUT2D eigenvalue weighted by Gasteiger charge is -2.29. The van der Waals surface area contributed by atoms with Crippen molar-refractivity contribution in [3.63, 3.8) is 0 Å². The largest absolute Gasteiger partial charge is 0.497 e. The van der Waals surface area contributed by atoms with Crippen LogP contribution in [0.2, 0.25) is 0 Å². The first kappa shape index (κ1) is 19.3. The van der Waals surface area contributed by atoms with Crippen molar-refractivity contribution < 1.29 is 19.3 Å². The van der Waals surface area contributed by atoms with E-state index in [-0.39, 0.29) is 6.61 Å². The lowest BCUT2D eigenvalue weighted by Crippen LogP contribution is -2.34. The van der Waals surface area contributed by atoms with Gasteiger partial charge in [-0.25, -0.2) is 0 Å². The maximum Gasteiger partial charge on any atom is 0.148 e. The number of halogens is 1. The van der Waals surface area contributed by atoms with E-state index in [0.29, 0.717) is 16.9 Å². The highest BCUT2D eigenvalue weighted by molar-refractivity contribution is 9.10. The van der Waals surface area contributed by atoms with Crippen LogP contribution in [0.25, 0.3) is 0 Å². The zero-order valence-electron chi connectivity index (χ0n) is 15.2. The van der Waals surface area contributed by atoms with Gasteiger partial charge in [-0.05, 0) is 59.7 Å². The van der Waals surface area contributed by atoms with Crippen LogP contribution in [0, 0.1) is 0 Å². The molecule has 0 unspecified atom stereocenters. The van der Waals surface area contributed by atoms with Crippen LogP contribution in [-0.2, 0) is 5.60 Å². The minimum absolute atomic E-state index is 0.0628. The molecule has 140 valence electrons. The molecular formula is C22H21BrO4. The number of aliphatic hydroxyl groups is 1. The summed E-state index contributed by atoms with van der Waals surface area (Å²) in [5.41, 5.74) is 0.0992. The molecule has 27 heavy (non-hydrogen) atoms. The Morgan fingerprint density at radius 1 is 0.704 bits per heavy atom. The van der Waals surface area contributed by atoms with Gasteiger partial charge in [0, 0.05) is 4.47 Å². The van der Waals surface area contributed by atoms with E-state index in [2.05, 4.69) is 15.9 Å². The van der Waals surface area contributed by atoms with E-state index in [1.807, 2.05) is 72.8 Å². The normalized spacial score (nSPS) is 11.1. The van der Waals surface area contributed by atoms with Gasteiger partial charge in [0.05, 0.1) is 14.2 Å². The summed E-state index contributed by atoms with van der Waals surface area (Å²) in [6.07, 6.45) is 0. The molecule has 0 bridgehead atoms. The van der Waals surface area contributed by atoms with Crippen molar-refractivity contribution in [2.45, 2.75) is 5.60 Å². The third kappa shape index (κ3) is 4.43. The fourth-order valence-electron chi connectivity index (χ4n) is 2.79. The molecule has 0 fully saturated rings. The van der Waals surface area contributed by atoms with Gasteiger partial charge in [-0.15, -0.1) is 0 Å². The highest BCUT2D eigenvalue weighted by Crippen LogP contribution is 2.33. The molecule has 3 aromatic carbocycles. The van der Waals surface area contributed by atoms with Crippen molar-refractivity contribution in [1.82, 2.24) is 0 Å². The van der Waals surface area contributed by atoms with E-state index >= 15 is 0 Å². The predicted octanol–water partition coefficient (Wildman–Crippen LogP) is 4.78. The van der Waals surface area contributed by atoms with Gasteiger partial charge in [0.15, 0.2) is 0 Å². The summed E-state index contributed by atoms with van der Waals surface area (Å²) in [6.45, 7) is 0.0628. The molecule has 5 heteroatoms. The number of ether oxygens (including phenoxy) is 3. The topological polar surface area (TPSA) is 47.9 Å². The molecule has 0 saturated carbocycles. The Morgan fingerprint density at radius 2 is 1.11 bits per heavy atom. The van der Waals surface area contributed by atoms with Crippen molar-refractivity contribution in [3.8, 4) is 17.2 Å². The van der Waals surface area contributed by atoms with E-state index in [0.717, 1.165) is 16.0 Å². The fraction of sp³-hybridized carbons (Fsp3) is 0.182. The van der Waals surface area contributed by atoms with Crippen molar-refractivity contribution in [2.24, 2.45) is 0 Å². The van der Waals surface area contributed by atoms with Crippen LogP contribution in [0.3, 0.4) is 0 Å². The van der Waals surface area contributed by atoms with Gasteiger partial charge in [-0.1, -0.05) is 40.2 Å². The first-order valence-corrected chi connectivity index (χ1v) is 9.24. The Labute approximate surface area is 167 Å². The summed E-state index contributed by atoms with van der Waals surface area (Å²) in [5, 5.41) is 11.6. The van der Waals surface area contributed by atoms with Crippen LogP contribution in [0.5, 0.6) is 17.2 Å². The maximum atomic E-state index is 11.6. The average molecular weight is 429 g/mol. The molecule has 0 heterocycles. The van der Waals surface area contributed by atoms with E-state index in [1.165, 1.54) is 0 Å². The number of rotatable bonds is 7. The van der Waals surface area contributed by atoms with Crippen LogP contribution >= 0.6 is 15.9 Å². The summed E-state index contributed by atoms with van der Waals surface area (Å²) in [5.74, 6) is 2.13. The Hall–Kier alpha value is -2.50. The maximum absolute atomic E-state index is 11.6. The Morgan fingerprint density at radius 3 is 1.52 bits per heavy atom. The third-order valence-corrected chi connectivity index (χ3v) is 4.93. The highest BCUT2D eigenvalue weighted by atomic mass is 79.9. The molecule has 0 aliphatic rings. The first-order chi connectivity index (χ1) is 13.0. The van der Waals surface area contributed by atoms with Gasteiger partial charge in [0.1, 0.15) is 29.5 Å². The summed E-state index contributed by atoms with van der Waals surface area (Å²) in [6, 6.07) is 22.2. The SMILES string of the molecule is COc1ccc(C(O)(COc2ccc(Br)cc2)c2ccc(OC)cc2)cc1. The molecule has 0 amide bonds. The second-order valence-electron chi connectivity index (χ2n) is 6.06. The monoisotopic (exact) mass is 428 g/mol. The molecule has 0 radical (unpaired) electrons. The van der Waals surface area contributed by atoms with Crippen LogP contribution in [0.15, 0.2) is 77.3 Å². The van der Waals surface area contributed by atoms with Crippen LogP contribution in [0.4, 0.5) is 0 Å². The molecule has 3 rings (SSSR count). The van der Waals surface area contributed by atoms with Gasteiger partial charge in [-0.3, -0.25) is 0 Å². The van der Waals surface area contributed by atoms with Crippen molar-refractivity contribution in [2.75, 3.05) is 20.8 Å². The summed E-state index contributed by atoms with van der Waals surface area (Å²) in [7, 11) is 3.22. The molecule has 0 aliphatic heterocycles. The fourth-order valence-corrected chi connectivity index (χ4v) is 3.05. The lowest BCUT2D eigenvalue weighted by atomic mass is 9.87. The van der Waals surface area contributed by atoms with Gasteiger partial charge < -0.3 is 19.3 Å². The second kappa shape index (κ2) is 8.46. The smallest absolute Gasteiger partial charge is 0.148 e. The number of methoxy groups -OCH3 is 2. The standard InChI is InChI=1S/C22H21BrO4/c1-25-19-9-3-16(4-10-19)22(24,17-5-11-20(26-2)12-6-17)15-27-21-13-7-18(23)8-14-21/h3-14,24H,15H2,1-2H3. The zero-order chi connectivity index (χ0) is 19.3. The Kier molecular flexibility index (Phi) is 6.04. The van der Waals surface area contributed by atoms with E-state index in [1.54, 1.807) is 14.2 Å². The van der Waals surface area contributed by atoms with Gasteiger partial charge in [-0.2, -0.15) is 0 Å². The molecule has 0 aromatic heterocycles. The minimum atomic E-state index is -1.33. The lowest BCUT2D eigenvalue weighted by molar-refractivity contribution is 0.0275. The molecule has 0 saturated heterocycles. The first-order valence-electron chi connectivity index (χ1n) is 8.45. The summed E-state index contributed by atoms with van der Waals surface area (Å²) >= 11 is 3.41. The van der Waals surface area contributed by atoms with E-state index in [4.69, 9.17) is 14.2 Å². The van der Waals surface area contributed by atoms with Crippen molar-refractivity contribution >= 4 is 15.9 Å². The minimum Gasteiger partial charge on any atom is -0.497 e. The van der Waals surface area contributed by atoms with Crippen LogP contribution < -0.4 is 14.2 Å². The van der Waals surface area contributed by atoms with Gasteiger partial charge in [0.2, 0.25) is 0 Å². The number of hydrogen-bond donors (Lipinski definition) is 1. The van der Waals surface area contributed by atoms with Gasteiger partial charge in [0.25, 0.3) is 0 Å². The van der Waals surface area contributed by atoms with Gasteiger partial charge >= 0.3 is 0 Å².